The van der Waals surface area contributed by atoms with Crippen molar-refractivity contribution in [1.29, 1.82) is 0 Å². The standard InChI is InChI=1S/C69H100N2O45S2/c1-23-10-12-24(13-11-23)118(97,98)100-22-35-61-45(86)53(94)69(108-35)114-59-33(20-77)105-66(50(91)43(59)84)115-60-34(21-99-37(78)14-70-117(95,96)36-9-5-6-25-26(36)7-4-8-27(25)71(2)3)107-68(52(93)44(60)85)113-58-32(19-76)104-65(49(90)41(58)82)111-56-30(17-74)102-63(47(88)39(56)80)109-54-28(15-72)101-62(46(87)38(54)79)110-55-29(16-73)103-64(48(89)40(55)81)112-57-31(18-75)106-67(116-61)51(92)42(57)83/h4-13,28-35,38-70,72-77,79-94H,14-22H2,1-3H3/t28-,29+,30-,31+,32-,33+,34-,35+,38+,39+,40+,41+,42-,43+,44+,45+,46+,47+,48+,49+,50-,51+,52+,53+,54+,55+,56+,57+,58+,59+,60+,61+,62+,63+,64+,65+,66+,67+,68+,69+/m0/s1. The summed E-state index contributed by atoms with van der Waals surface area (Å²) in [5, 5.41) is 253. The third kappa shape index (κ3) is 19.2. The van der Waals surface area contributed by atoms with Gasteiger partial charge in [0, 0.05) is 30.6 Å². The smallest absolute Gasteiger partial charge is 0.321 e. The monoisotopic (exact) mass is 1740 g/mol. The number of nitrogens with zero attached hydrogens (tertiary/aromatic N) is 1. The van der Waals surface area contributed by atoms with Gasteiger partial charge < -0.3 is 198 Å². The highest BCUT2D eigenvalue weighted by Gasteiger charge is 2.61. The van der Waals surface area contributed by atoms with Crippen molar-refractivity contribution >= 4 is 42.6 Å². The van der Waals surface area contributed by atoms with Crippen LogP contribution in [0, 0.1) is 6.92 Å². The number of carbonyl (C=O) groups is 1. The van der Waals surface area contributed by atoms with E-state index in [0.717, 1.165) is 12.1 Å². The molecule has 33 rings (SSSR count). The van der Waals surface area contributed by atoms with Gasteiger partial charge in [-0.3, -0.25) is 8.98 Å². The highest BCUT2D eigenvalue weighted by Crippen LogP contribution is 2.41. The number of hydrogen-bond donors (Lipinski definition) is 23. The number of benzene rings is 3. The molecule has 3 aromatic rings. The SMILES string of the molecule is Cc1ccc(S(=O)(=O)OC[C@H]2O[C@@H]3O[C@H]4[C@H](O)[C@H](O)[C@@H](O[C@H]5[C@H](O)[C@@H](O)[C@@H](O[C@H]6[C@H](O)[C@@H](O)[C@@H](O[C@H]7[C@H](O)[C@@H](O)[C@@H](O[C@H]8[C@H](O)[C@@H](O)[C@@H](O[C@H]9[C@H](O)[C@@H](O)[C@@H](O[C@H]%10[C@@H](O)[C@@H](O)[C@@H](O[C@H]2[C@H](O)[C@H]3O)O[C@@H]%10CO)O[C@@H]9CO)O[C@H]8CO)O[C@H]7CO)O[C@H]6CO)O[C@H]5COC(=O)CNS(=O)(=O)c2cccc3c(N(C)C)cccc23)O[C@@H]4CO)cc1. The Morgan fingerprint density at radius 1 is 0.347 bits per heavy atom. The molecule has 0 aromatic heterocycles. The zero-order valence-electron chi connectivity index (χ0n) is 62.7. The molecule has 0 unspecified atom stereocenters. The van der Waals surface area contributed by atoms with E-state index in [-0.39, 0.29) is 10.3 Å². The van der Waals surface area contributed by atoms with Gasteiger partial charge in [0.25, 0.3) is 10.1 Å². The summed E-state index contributed by atoms with van der Waals surface area (Å²) >= 11 is 0. The maximum atomic E-state index is 13.9. The summed E-state index contributed by atoms with van der Waals surface area (Å²) in [5.41, 5.74) is 1.25. The quantitative estimate of drug-likeness (QED) is 0.0441. The van der Waals surface area contributed by atoms with Gasteiger partial charge >= 0.3 is 5.97 Å². The first-order valence-corrected chi connectivity index (χ1v) is 40.2. The lowest BCUT2D eigenvalue weighted by Crippen LogP contribution is -2.69. The molecule has 118 heavy (non-hydrogen) atoms. The predicted octanol–water partition coefficient (Wildman–Crippen LogP) is -13.9. The zero-order valence-corrected chi connectivity index (χ0v) is 64.4. The number of aryl methyl sites for hydroxylation is 1. The molecule has 30 aliphatic heterocycles. The summed E-state index contributed by atoms with van der Waals surface area (Å²) < 4.78 is 162. The number of esters is 1. The van der Waals surface area contributed by atoms with Gasteiger partial charge in [0.15, 0.2) is 50.3 Å². The molecule has 40 atom stereocenters. The van der Waals surface area contributed by atoms with Crippen LogP contribution >= 0.6 is 0 Å². The summed E-state index contributed by atoms with van der Waals surface area (Å²) in [5.74, 6) is -1.36. The zero-order chi connectivity index (χ0) is 85.6. The highest BCUT2D eigenvalue weighted by molar-refractivity contribution is 7.89. The Balaban J connectivity index is 0.844. The van der Waals surface area contributed by atoms with Crippen LogP contribution in [0.5, 0.6) is 0 Å². The van der Waals surface area contributed by atoms with Crippen LogP contribution in [0.25, 0.3) is 10.8 Å². The van der Waals surface area contributed by atoms with Crippen molar-refractivity contribution in [2.24, 2.45) is 0 Å². The fourth-order valence-electron chi connectivity index (χ4n) is 15.2. The predicted molar refractivity (Wildman–Crippen MR) is 376 cm³/mol. The first-order chi connectivity index (χ1) is 56.0. The number of rotatable bonds is 17. The first-order valence-electron chi connectivity index (χ1n) is 37.3. The lowest BCUT2D eigenvalue weighted by molar-refractivity contribution is -0.404. The van der Waals surface area contributed by atoms with Gasteiger partial charge in [-0.25, -0.2) is 8.42 Å². The Morgan fingerprint density at radius 2 is 0.610 bits per heavy atom. The van der Waals surface area contributed by atoms with E-state index in [1.807, 2.05) is 0 Å². The minimum Gasteiger partial charge on any atom is -0.462 e. The van der Waals surface area contributed by atoms with Crippen LogP contribution in [0.1, 0.15) is 5.56 Å². The second-order valence-electron chi connectivity index (χ2n) is 29.7. The largest absolute Gasteiger partial charge is 0.462 e. The van der Waals surface area contributed by atoms with Crippen molar-refractivity contribution in [1.82, 2.24) is 4.72 Å². The molecular formula is C69H100N2O45S2. The lowest BCUT2D eigenvalue weighted by Gasteiger charge is -2.50. The second kappa shape index (κ2) is 38.9. The number of fused-ring (bicyclic) bond motifs is 1. The molecule has 0 amide bonds. The molecule has 23 N–H and O–H groups in total. The normalized spacial score (nSPS) is 44.5. The number of nitrogens with one attached hydrogen (secondary N) is 1. The van der Waals surface area contributed by atoms with Gasteiger partial charge in [-0.15, -0.1) is 0 Å². The van der Waals surface area contributed by atoms with Crippen LogP contribution in [-0.4, -0.2) is 454 Å². The molecule has 30 saturated heterocycles. The van der Waals surface area contributed by atoms with Crippen molar-refractivity contribution in [3.63, 3.8) is 0 Å². The van der Waals surface area contributed by atoms with Crippen LogP contribution in [0.3, 0.4) is 0 Å². The molecule has 47 nitrogen and oxygen atoms in total. The number of sulfonamides is 1. The first kappa shape index (κ1) is 92.7. The molecule has 30 fully saturated rings. The maximum Gasteiger partial charge on any atom is 0.321 e. The van der Waals surface area contributed by atoms with Gasteiger partial charge in [-0.1, -0.05) is 42.0 Å². The topological polar surface area (TPSA) is 712 Å². The van der Waals surface area contributed by atoms with Gasteiger partial charge in [0.1, 0.15) is 208 Å². The number of carbonyl (C=O) groups excluding carboxylic acids is 1. The molecule has 30 heterocycles. The van der Waals surface area contributed by atoms with Gasteiger partial charge in [-0.05, 0) is 31.2 Å². The van der Waals surface area contributed by atoms with Crippen LogP contribution in [0.2, 0.25) is 0 Å². The second-order valence-corrected chi connectivity index (χ2v) is 33.0. The lowest BCUT2D eigenvalue weighted by atomic mass is 9.94. The molecule has 0 radical (unpaired) electrons. The van der Waals surface area contributed by atoms with E-state index in [4.69, 9.17) is 84.7 Å². The number of anilines is 1. The Kier molecular flexibility index (Phi) is 30.6. The Hall–Kier alpha value is -4.51. The fraction of sp³-hybridized carbons (Fsp3) is 0.754. The van der Waals surface area contributed by atoms with Crippen LogP contribution in [0.15, 0.2) is 70.5 Å². The van der Waals surface area contributed by atoms with Crippen molar-refractivity contribution in [2.75, 3.05) is 78.4 Å². The van der Waals surface area contributed by atoms with E-state index < -0.39 is 336 Å². The minimum atomic E-state index is -4.83. The Labute approximate surface area is 670 Å². The third-order valence-electron chi connectivity index (χ3n) is 21.7. The number of hydrogen-bond acceptors (Lipinski definition) is 46. The highest BCUT2D eigenvalue weighted by atomic mass is 32.2. The van der Waals surface area contributed by atoms with E-state index in [0.29, 0.717) is 16.6 Å². The fourth-order valence-corrected chi connectivity index (χ4v) is 17.3. The van der Waals surface area contributed by atoms with E-state index in [9.17, 15) is 134 Å². The summed E-state index contributed by atoms with van der Waals surface area (Å²) in [6, 6.07) is 14.4. The average molecular weight is 1740 g/mol. The molecule has 0 spiro atoms. The van der Waals surface area contributed by atoms with Crippen molar-refractivity contribution < 1.29 is 219 Å². The van der Waals surface area contributed by atoms with E-state index in [1.165, 1.54) is 30.3 Å². The number of ether oxygens (including phenoxy) is 17. The summed E-state index contributed by atoms with van der Waals surface area (Å²) in [6.07, 6.45) is -88.4. The molecule has 668 valence electrons. The molecule has 3 aromatic carbocycles. The van der Waals surface area contributed by atoms with Gasteiger partial charge in [0.2, 0.25) is 10.0 Å². The average Bonchev–Trinajstić information content (AvgIpc) is 0.774. The minimum absolute atomic E-state index is 0.252. The molecule has 0 saturated carbocycles. The summed E-state index contributed by atoms with van der Waals surface area (Å²) in [7, 11) is -5.94. The van der Waals surface area contributed by atoms with E-state index in [1.54, 1.807) is 44.1 Å². The van der Waals surface area contributed by atoms with Crippen LogP contribution in [0.4, 0.5) is 5.69 Å². The molecule has 30 aliphatic rings. The van der Waals surface area contributed by atoms with Gasteiger partial charge in [0.05, 0.1) is 56.0 Å². The summed E-state index contributed by atoms with van der Waals surface area (Å²) in [4.78, 5) is 14.8. The van der Waals surface area contributed by atoms with E-state index in [2.05, 4.69) is 4.72 Å². The summed E-state index contributed by atoms with van der Waals surface area (Å²) in [6.45, 7) is -8.90. The molecule has 49 heteroatoms. The number of aliphatic hydroxyl groups is 22. The van der Waals surface area contributed by atoms with E-state index >= 15 is 0 Å². The molecule has 0 aliphatic carbocycles. The molecular weight excluding hydrogens is 1640 g/mol. The van der Waals surface area contributed by atoms with Crippen LogP contribution < -0.4 is 9.62 Å². The number of aliphatic hydroxyl groups excluding tert-OH is 22. The van der Waals surface area contributed by atoms with Crippen molar-refractivity contribution in [3.8, 4) is 0 Å². The Morgan fingerprint density at radius 3 is 0.898 bits per heavy atom. The van der Waals surface area contributed by atoms with Gasteiger partial charge in [-0.2, -0.15) is 13.1 Å². The maximum absolute atomic E-state index is 13.9. The van der Waals surface area contributed by atoms with Crippen molar-refractivity contribution in [2.45, 2.75) is 262 Å². The van der Waals surface area contributed by atoms with Crippen LogP contribution in [-0.2, 0) is 110 Å². The molecule has 16 bridgehead atoms. The third-order valence-corrected chi connectivity index (χ3v) is 24.4. The Bertz CT molecular complexity index is 3990. The van der Waals surface area contributed by atoms with Crippen molar-refractivity contribution in [3.05, 3.63) is 66.2 Å².